The van der Waals surface area contributed by atoms with Crippen molar-refractivity contribution in [1.82, 2.24) is 10.2 Å². The topological polar surface area (TPSA) is 58.6 Å². The van der Waals surface area contributed by atoms with Crippen molar-refractivity contribution >= 4 is 11.8 Å². The molecule has 2 aliphatic carbocycles. The van der Waals surface area contributed by atoms with Crippen LogP contribution in [-0.2, 0) is 4.79 Å². The van der Waals surface area contributed by atoms with Crippen molar-refractivity contribution in [3.63, 3.8) is 0 Å². The van der Waals surface area contributed by atoms with Crippen molar-refractivity contribution in [1.29, 1.82) is 0 Å². The molecule has 1 aromatic rings. The van der Waals surface area contributed by atoms with E-state index in [1.165, 1.54) is 0 Å². The molecule has 2 amide bonds. The van der Waals surface area contributed by atoms with Crippen LogP contribution in [0.1, 0.15) is 48.9 Å². The fraction of sp³-hybridized carbons (Fsp3) is 0.600. The molecule has 1 N–H and O–H groups in total. The Bertz CT molecular complexity index is 652. The molecule has 1 aliphatic heterocycles. The average molecular weight is 342 g/mol. The monoisotopic (exact) mass is 342 g/mol. The second kappa shape index (κ2) is 7.06. The molecule has 1 saturated heterocycles. The molecule has 5 heteroatoms. The van der Waals surface area contributed by atoms with Crippen molar-refractivity contribution in [2.24, 2.45) is 11.8 Å². The van der Waals surface area contributed by atoms with Crippen LogP contribution in [0.15, 0.2) is 24.3 Å². The van der Waals surface area contributed by atoms with Gasteiger partial charge in [0.1, 0.15) is 5.75 Å². The number of nitrogens with one attached hydrogen (secondary N) is 1. The lowest BCUT2D eigenvalue weighted by Crippen LogP contribution is -2.42. The number of hydrogen-bond acceptors (Lipinski definition) is 3. The van der Waals surface area contributed by atoms with Gasteiger partial charge in [0, 0.05) is 31.0 Å². The molecular weight excluding hydrogens is 316 g/mol. The number of likely N-dealkylation sites (tertiary alicyclic amines) is 1. The first kappa shape index (κ1) is 16.4. The van der Waals surface area contributed by atoms with Gasteiger partial charge in [-0.05, 0) is 50.7 Å². The number of ether oxygens (including phenoxy) is 1. The number of nitrogens with zero attached hydrogens (tertiary/aromatic N) is 1. The fourth-order valence-electron chi connectivity index (χ4n) is 3.47. The number of amides is 2. The molecule has 3 fully saturated rings. The minimum absolute atomic E-state index is 0.0488. The largest absolute Gasteiger partial charge is 0.492 e. The van der Waals surface area contributed by atoms with Gasteiger partial charge in [0.25, 0.3) is 5.91 Å². The summed E-state index contributed by atoms with van der Waals surface area (Å²) >= 11 is 0. The van der Waals surface area contributed by atoms with Crippen molar-refractivity contribution < 1.29 is 14.3 Å². The Morgan fingerprint density at radius 2 is 1.92 bits per heavy atom. The highest BCUT2D eigenvalue weighted by molar-refractivity contribution is 5.97. The van der Waals surface area contributed by atoms with Gasteiger partial charge in [-0.15, -0.1) is 0 Å². The zero-order chi connectivity index (χ0) is 17.2. The first-order valence-corrected chi connectivity index (χ1v) is 9.52. The number of piperidine rings is 1. The summed E-state index contributed by atoms with van der Waals surface area (Å²) in [7, 11) is 0. The lowest BCUT2D eigenvalue weighted by atomic mass is 9.98. The zero-order valence-corrected chi connectivity index (χ0v) is 14.6. The molecule has 0 aromatic heterocycles. The summed E-state index contributed by atoms with van der Waals surface area (Å²) in [4.78, 5) is 26.6. The van der Waals surface area contributed by atoms with Crippen LogP contribution < -0.4 is 10.1 Å². The van der Waals surface area contributed by atoms with Gasteiger partial charge < -0.3 is 15.0 Å². The summed E-state index contributed by atoms with van der Waals surface area (Å²) in [5.41, 5.74) is 0.608. The second-order valence-electron chi connectivity index (χ2n) is 7.62. The Hall–Kier alpha value is -2.04. The van der Waals surface area contributed by atoms with Crippen LogP contribution in [0.2, 0.25) is 0 Å². The second-order valence-corrected chi connectivity index (χ2v) is 7.62. The highest BCUT2D eigenvalue weighted by atomic mass is 16.5. The average Bonchev–Trinajstić information content (AvgIpc) is 3.54. The highest BCUT2D eigenvalue weighted by Crippen LogP contribution is 2.32. The summed E-state index contributed by atoms with van der Waals surface area (Å²) in [6, 6.07) is 7.77. The van der Waals surface area contributed by atoms with Gasteiger partial charge in [-0.3, -0.25) is 9.59 Å². The first-order chi connectivity index (χ1) is 12.2. The predicted molar refractivity (Wildman–Crippen MR) is 94.5 cm³/mol. The maximum Gasteiger partial charge on any atom is 0.255 e. The van der Waals surface area contributed by atoms with Crippen LogP contribution in [0.3, 0.4) is 0 Å². The molecule has 5 nitrogen and oxygen atoms in total. The summed E-state index contributed by atoms with van der Waals surface area (Å²) in [6.45, 7) is 2.22. The van der Waals surface area contributed by atoms with Gasteiger partial charge in [-0.1, -0.05) is 12.1 Å². The van der Waals surface area contributed by atoms with Crippen LogP contribution in [-0.4, -0.2) is 42.5 Å². The van der Waals surface area contributed by atoms with E-state index in [1.54, 1.807) is 0 Å². The molecule has 1 heterocycles. The SMILES string of the molecule is O=C(NC1CC1)c1ccccc1OCC1CCCN(C(=O)C2CC2)C1. The molecule has 0 radical (unpaired) electrons. The van der Waals surface area contributed by atoms with E-state index in [1.807, 2.05) is 29.2 Å². The Morgan fingerprint density at radius 3 is 2.68 bits per heavy atom. The van der Waals surface area contributed by atoms with E-state index in [2.05, 4.69) is 5.32 Å². The minimum Gasteiger partial charge on any atom is -0.492 e. The van der Waals surface area contributed by atoms with Gasteiger partial charge in [0.15, 0.2) is 0 Å². The number of para-hydroxylation sites is 1. The Labute approximate surface area is 148 Å². The van der Waals surface area contributed by atoms with E-state index in [9.17, 15) is 9.59 Å². The van der Waals surface area contributed by atoms with Crippen molar-refractivity contribution in [2.45, 2.75) is 44.6 Å². The maximum absolute atomic E-state index is 12.3. The van der Waals surface area contributed by atoms with Gasteiger partial charge in [0.05, 0.1) is 12.2 Å². The zero-order valence-electron chi connectivity index (χ0n) is 14.6. The van der Waals surface area contributed by atoms with Gasteiger partial charge >= 0.3 is 0 Å². The normalized spacial score (nSPS) is 23.2. The van der Waals surface area contributed by atoms with E-state index in [0.29, 0.717) is 35.8 Å². The fourth-order valence-corrected chi connectivity index (χ4v) is 3.47. The number of benzene rings is 1. The molecule has 2 saturated carbocycles. The lowest BCUT2D eigenvalue weighted by Gasteiger charge is -2.33. The third-order valence-electron chi connectivity index (χ3n) is 5.28. The summed E-state index contributed by atoms with van der Waals surface area (Å²) in [6.07, 6.45) is 6.37. The molecule has 1 unspecified atom stereocenters. The molecule has 0 bridgehead atoms. The van der Waals surface area contributed by atoms with Crippen molar-refractivity contribution in [2.75, 3.05) is 19.7 Å². The Morgan fingerprint density at radius 1 is 1.12 bits per heavy atom. The molecule has 25 heavy (non-hydrogen) atoms. The molecular formula is C20H26N2O3. The lowest BCUT2D eigenvalue weighted by molar-refractivity contribution is -0.134. The van der Waals surface area contributed by atoms with Crippen LogP contribution in [0.4, 0.5) is 0 Å². The number of carbonyl (C=O) groups excluding carboxylic acids is 2. The van der Waals surface area contributed by atoms with Gasteiger partial charge in [-0.25, -0.2) is 0 Å². The Kier molecular flexibility index (Phi) is 4.64. The van der Waals surface area contributed by atoms with Crippen LogP contribution in [0.25, 0.3) is 0 Å². The van der Waals surface area contributed by atoms with Gasteiger partial charge in [-0.2, -0.15) is 0 Å². The Balaban J connectivity index is 1.34. The summed E-state index contributed by atoms with van der Waals surface area (Å²) in [5, 5.41) is 3.02. The van der Waals surface area contributed by atoms with E-state index in [0.717, 1.165) is 51.6 Å². The van der Waals surface area contributed by atoms with Crippen molar-refractivity contribution in [3.05, 3.63) is 29.8 Å². The van der Waals surface area contributed by atoms with E-state index < -0.39 is 0 Å². The number of carbonyl (C=O) groups is 2. The smallest absolute Gasteiger partial charge is 0.255 e. The number of hydrogen-bond donors (Lipinski definition) is 1. The molecule has 3 aliphatic rings. The maximum atomic E-state index is 12.3. The number of rotatable bonds is 6. The van der Waals surface area contributed by atoms with Crippen LogP contribution >= 0.6 is 0 Å². The van der Waals surface area contributed by atoms with Gasteiger partial charge in [0.2, 0.25) is 5.91 Å². The van der Waals surface area contributed by atoms with E-state index >= 15 is 0 Å². The summed E-state index contributed by atoms with van der Waals surface area (Å²) in [5.74, 6) is 1.55. The van der Waals surface area contributed by atoms with Crippen molar-refractivity contribution in [3.8, 4) is 5.75 Å². The minimum atomic E-state index is -0.0488. The van der Waals surface area contributed by atoms with Crippen LogP contribution in [0.5, 0.6) is 5.75 Å². The molecule has 0 spiro atoms. The van der Waals surface area contributed by atoms with E-state index in [4.69, 9.17) is 4.74 Å². The molecule has 1 atom stereocenters. The first-order valence-electron chi connectivity index (χ1n) is 9.52. The van der Waals surface area contributed by atoms with E-state index in [-0.39, 0.29) is 11.8 Å². The molecule has 134 valence electrons. The molecule has 1 aromatic carbocycles. The molecule has 4 rings (SSSR count). The predicted octanol–water partition coefficient (Wildman–Crippen LogP) is 2.61. The summed E-state index contributed by atoms with van der Waals surface area (Å²) < 4.78 is 6.01. The van der Waals surface area contributed by atoms with Crippen LogP contribution in [0, 0.1) is 11.8 Å². The third-order valence-corrected chi connectivity index (χ3v) is 5.28. The standard InChI is InChI=1S/C20H26N2O3/c23-19(21-16-9-10-16)17-5-1-2-6-18(17)25-13-14-4-3-11-22(12-14)20(24)15-7-8-15/h1-2,5-6,14-16H,3-4,7-13H2,(H,21,23). The third kappa shape index (κ3) is 4.14. The quantitative estimate of drug-likeness (QED) is 0.864. The highest BCUT2D eigenvalue weighted by Gasteiger charge is 2.35.